The highest BCUT2D eigenvalue weighted by molar-refractivity contribution is 6.02. The molecule has 40 heavy (non-hydrogen) atoms. The van der Waals surface area contributed by atoms with E-state index in [0.29, 0.717) is 6.42 Å². The van der Waals surface area contributed by atoms with Gasteiger partial charge in [0, 0.05) is 41.2 Å². The molecule has 4 atom stereocenters. The maximum Gasteiger partial charge on any atom is 0.248 e. The Hall–Kier alpha value is -3.84. The lowest BCUT2D eigenvalue weighted by atomic mass is 9.84. The van der Waals surface area contributed by atoms with Crippen LogP contribution in [0.3, 0.4) is 0 Å². The summed E-state index contributed by atoms with van der Waals surface area (Å²) in [6.07, 6.45) is 7.66. The molecule has 2 saturated heterocycles. The van der Waals surface area contributed by atoms with E-state index in [1.54, 1.807) is 11.8 Å². The van der Waals surface area contributed by atoms with Crippen molar-refractivity contribution in [2.45, 2.75) is 83.6 Å². The van der Waals surface area contributed by atoms with Crippen LogP contribution in [0.2, 0.25) is 0 Å². The number of allylic oxidation sites excluding steroid dienone is 4. The van der Waals surface area contributed by atoms with Gasteiger partial charge >= 0.3 is 0 Å². The first-order valence-corrected chi connectivity index (χ1v) is 14.1. The lowest BCUT2D eigenvalue weighted by Crippen LogP contribution is -2.69. The van der Waals surface area contributed by atoms with Gasteiger partial charge < -0.3 is 25.6 Å². The first-order valence-electron chi connectivity index (χ1n) is 14.1. The molecule has 3 aliphatic heterocycles. The molecule has 4 N–H and O–H groups in total. The molecule has 3 aromatic rings. The molecule has 2 fully saturated rings. The number of rotatable bonds is 6. The van der Waals surface area contributed by atoms with E-state index in [0.717, 1.165) is 46.1 Å². The highest BCUT2D eigenvalue weighted by atomic mass is 16.3. The lowest BCUT2D eigenvalue weighted by molar-refractivity contribution is -0.155. The Morgan fingerprint density at radius 2 is 1.65 bits per heavy atom. The molecule has 0 saturated carbocycles. The average Bonchev–Trinajstić information content (AvgIpc) is 3.51. The van der Waals surface area contributed by atoms with Crippen LogP contribution in [0.4, 0.5) is 5.69 Å². The molecule has 3 aliphatic rings. The van der Waals surface area contributed by atoms with Gasteiger partial charge in [-0.05, 0) is 64.2 Å². The first-order chi connectivity index (χ1) is 19.0. The van der Waals surface area contributed by atoms with Crippen molar-refractivity contribution in [1.29, 1.82) is 0 Å². The number of aliphatic hydroxyl groups is 1. The van der Waals surface area contributed by atoms with E-state index >= 15 is 0 Å². The third kappa shape index (κ3) is 3.98. The number of fused-ring (bicyclic) bond motifs is 6. The fourth-order valence-electron chi connectivity index (χ4n) is 6.77. The summed E-state index contributed by atoms with van der Waals surface area (Å²) >= 11 is 0. The van der Waals surface area contributed by atoms with Gasteiger partial charge in [0.05, 0.1) is 0 Å². The van der Waals surface area contributed by atoms with Crippen molar-refractivity contribution >= 4 is 28.4 Å². The number of para-hydroxylation sites is 2. The Bertz CT molecular complexity index is 1590. The number of hydrogen-bond acceptors (Lipinski definition) is 4. The molecule has 0 radical (unpaired) electrons. The molecule has 208 valence electrons. The van der Waals surface area contributed by atoms with Gasteiger partial charge in [0.1, 0.15) is 23.3 Å². The molecule has 2 aromatic carbocycles. The number of hydrogen-bond donors (Lipinski definition) is 4. The molecule has 7 nitrogen and oxygen atoms in total. The molecule has 6 rings (SSSR count). The van der Waals surface area contributed by atoms with Crippen LogP contribution in [-0.4, -0.2) is 44.6 Å². The summed E-state index contributed by atoms with van der Waals surface area (Å²) in [5.74, 6) is -0.405. The van der Waals surface area contributed by atoms with Gasteiger partial charge in [-0.1, -0.05) is 59.7 Å². The second-order valence-corrected chi connectivity index (χ2v) is 12.3. The van der Waals surface area contributed by atoms with Crippen molar-refractivity contribution in [2.24, 2.45) is 0 Å². The molecule has 4 heterocycles. The standard InChI is InChI=1S/C33H38N4O3/c1-19(2)12-14-21-8-6-10-24-23(17-34-27(21)24)16-26-29(38)37-30-33(40,18-32(37,5)31(39)35-26)25-11-7-9-22(28(25)36-30)15-13-20(3)4/h6-13,17,26,30,34,36,40H,14-16,18H2,1-5H3,(H,35,39). The average molecular weight is 539 g/mol. The van der Waals surface area contributed by atoms with E-state index in [-0.39, 0.29) is 18.2 Å². The molecule has 0 aliphatic carbocycles. The quantitative estimate of drug-likeness (QED) is 0.337. The number of amides is 2. The van der Waals surface area contributed by atoms with Crippen molar-refractivity contribution in [2.75, 3.05) is 5.32 Å². The van der Waals surface area contributed by atoms with Crippen LogP contribution in [0, 0.1) is 0 Å². The number of H-pyrrole nitrogens is 1. The fourth-order valence-corrected chi connectivity index (χ4v) is 6.77. The van der Waals surface area contributed by atoms with Crippen LogP contribution in [0.1, 0.15) is 63.3 Å². The summed E-state index contributed by atoms with van der Waals surface area (Å²) in [6, 6.07) is 11.4. The predicted molar refractivity (Wildman–Crippen MR) is 158 cm³/mol. The molecule has 4 unspecified atom stereocenters. The summed E-state index contributed by atoms with van der Waals surface area (Å²) in [5, 5.41) is 19.6. The fraction of sp³-hybridized carbons (Fsp3) is 0.394. The van der Waals surface area contributed by atoms with Crippen LogP contribution >= 0.6 is 0 Å². The third-order valence-electron chi connectivity index (χ3n) is 8.86. The number of anilines is 1. The second kappa shape index (κ2) is 9.37. The van der Waals surface area contributed by atoms with Crippen molar-refractivity contribution in [1.82, 2.24) is 15.2 Å². The van der Waals surface area contributed by atoms with E-state index in [1.165, 1.54) is 16.7 Å². The van der Waals surface area contributed by atoms with Gasteiger partial charge in [0.15, 0.2) is 0 Å². The summed E-state index contributed by atoms with van der Waals surface area (Å²) in [7, 11) is 0. The van der Waals surface area contributed by atoms with Crippen LogP contribution in [-0.2, 0) is 34.5 Å². The Balaban J connectivity index is 1.31. The maximum atomic E-state index is 14.1. The SMILES string of the molecule is CC(C)=CCc1cccc2c1NC1N3C(=O)C(Cc4c[nH]c5c(CC=C(C)C)cccc45)NC(=O)C3(C)CC21O. The minimum absolute atomic E-state index is 0.141. The molecule has 1 aromatic heterocycles. The van der Waals surface area contributed by atoms with E-state index in [2.05, 4.69) is 67.6 Å². The van der Waals surface area contributed by atoms with E-state index in [1.807, 2.05) is 30.5 Å². The monoisotopic (exact) mass is 538 g/mol. The summed E-state index contributed by atoms with van der Waals surface area (Å²) in [6.45, 7) is 10.1. The van der Waals surface area contributed by atoms with Gasteiger partial charge in [-0.2, -0.15) is 0 Å². The number of carbonyl (C=O) groups is 2. The number of nitrogens with zero attached hydrogens (tertiary/aromatic N) is 1. The minimum atomic E-state index is -1.35. The largest absolute Gasteiger partial charge is 0.381 e. The molecular weight excluding hydrogens is 500 g/mol. The van der Waals surface area contributed by atoms with Crippen molar-refractivity contribution in [3.63, 3.8) is 0 Å². The zero-order valence-electron chi connectivity index (χ0n) is 23.9. The van der Waals surface area contributed by atoms with Crippen molar-refractivity contribution < 1.29 is 14.7 Å². The Labute approximate surface area is 235 Å². The van der Waals surface area contributed by atoms with Crippen LogP contribution in [0.15, 0.2) is 65.9 Å². The van der Waals surface area contributed by atoms with E-state index < -0.39 is 23.3 Å². The predicted octanol–water partition coefficient (Wildman–Crippen LogP) is 4.86. The highest BCUT2D eigenvalue weighted by Gasteiger charge is 2.68. The number of aromatic nitrogens is 1. The zero-order chi connectivity index (χ0) is 28.4. The van der Waals surface area contributed by atoms with E-state index in [4.69, 9.17) is 0 Å². The number of aromatic amines is 1. The van der Waals surface area contributed by atoms with Gasteiger partial charge in [-0.25, -0.2) is 0 Å². The highest BCUT2D eigenvalue weighted by Crippen LogP contribution is 2.55. The molecule has 7 heteroatoms. The summed E-state index contributed by atoms with van der Waals surface area (Å²) in [4.78, 5) is 32.8. The van der Waals surface area contributed by atoms with E-state index in [9.17, 15) is 14.7 Å². The Morgan fingerprint density at radius 1 is 0.975 bits per heavy atom. The number of piperazine rings is 1. The second-order valence-electron chi connectivity index (χ2n) is 12.3. The van der Waals surface area contributed by atoms with Gasteiger partial charge in [0.2, 0.25) is 11.8 Å². The first kappa shape index (κ1) is 26.4. The van der Waals surface area contributed by atoms with Crippen LogP contribution < -0.4 is 10.6 Å². The molecule has 2 amide bonds. The van der Waals surface area contributed by atoms with Gasteiger partial charge in [-0.15, -0.1) is 0 Å². The maximum absolute atomic E-state index is 14.1. The third-order valence-corrected chi connectivity index (χ3v) is 8.86. The Morgan fingerprint density at radius 3 is 2.38 bits per heavy atom. The van der Waals surface area contributed by atoms with Gasteiger partial charge in [-0.3, -0.25) is 9.59 Å². The number of nitrogens with one attached hydrogen (secondary N) is 3. The Kier molecular flexibility index (Phi) is 6.18. The zero-order valence-corrected chi connectivity index (χ0v) is 23.9. The van der Waals surface area contributed by atoms with Crippen LogP contribution in [0.25, 0.3) is 10.9 Å². The summed E-state index contributed by atoms with van der Waals surface area (Å²) < 4.78 is 0. The van der Waals surface area contributed by atoms with Crippen molar-refractivity contribution in [3.05, 3.63) is 88.1 Å². The van der Waals surface area contributed by atoms with Crippen molar-refractivity contribution in [3.8, 4) is 0 Å². The lowest BCUT2D eigenvalue weighted by Gasteiger charge is -2.43. The molecule has 0 spiro atoms. The topological polar surface area (TPSA) is 97.5 Å². The van der Waals surface area contributed by atoms with Gasteiger partial charge in [0.25, 0.3) is 0 Å². The number of carbonyl (C=O) groups excluding carboxylic acids is 2. The minimum Gasteiger partial charge on any atom is -0.381 e. The normalized spacial score (nSPS) is 26.6. The number of benzene rings is 2. The summed E-state index contributed by atoms with van der Waals surface area (Å²) in [5.41, 5.74) is 5.90. The molecule has 0 bridgehead atoms. The smallest absolute Gasteiger partial charge is 0.248 e. The molecular formula is C33H38N4O3. The van der Waals surface area contributed by atoms with Crippen LogP contribution in [0.5, 0.6) is 0 Å².